The third kappa shape index (κ3) is 3.09. The largest absolute Gasteiger partial charge is 0.489 e. The molecule has 1 aliphatic heterocycles. The summed E-state index contributed by atoms with van der Waals surface area (Å²) in [5.74, 6) is 1.65. The van der Waals surface area contributed by atoms with Gasteiger partial charge in [-0.1, -0.05) is 25.4 Å². The number of aliphatic hydroxyl groups excluding tert-OH is 1. The fourth-order valence-electron chi connectivity index (χ4n) is 2.03. The first-order valence-electron chi connectivity index (χ1n) is 6.35. The van der Waals surface area contributed by atoms with Gasteiger partial charge in [-0.25, -0.2) is 0 Å². The Morgan fingerprint density at radius 1 is 1.28 bits per heavy atom. The molecule has 4 heteroatoms. The minimum absolute atomic E-state index is 0.426. The highest BCUT2D eigenvalue weighted by Crippen LogP contribution is 2.40. The van der Waals surface area contributed by atoms with E-state index >= 15 is 0 Å². The fourth-order valence-corrected chi connectivity index (χ4v) is 2.30. The summed E-state index contributed by atoms with van der Waals surface area (Å²) in [6.07, 6.45) is 1.03. The highest BCUT2D eigenvalue weighted by Gasteiger charge is 2.19. The number of halogens is 1. The Morgan fingerprint density at radius 2 is 2.00 bits per heavy atom. The molecule has 1 aliphatic rings. The molecule has 1 aromatic carbocycles. The van der Waals surface area contributed by atoms with Gasteiger partial charge in [0.2, 0.25) is 0 Å². The van der Waals surface area contributed by atoms with E-state index in [4.69, 9.17) is 21.1 Å². The first-order valence-corrected chi connectivity index (χ1v) is 6.73. The van der Waals surface area contributed by atoms with Gasteiger partial charge in [0.25, 0.3) is 0 Å². The standard InChI is InChI=1S/C14H19ClO3/c1-9(2)6-12(16)10-7-11(15)14-13(8-10)17-4-3-5-18-14/h7-9,12,16H,3-6H2,1-2H3. The van der Waals surface area contributed by atoms with Gasteiger partial charge < -0.3 is 14.6 Å². The second kappa shape index (κ2) is 5.81. The van der Waals surface area contributed by atoms with Crippen LogP contribution in [0.5, 0.6) is 11.5 Å². The minimum atomic E-state index is -0.514. The Kier molecular flexibility index (Phi) is 4.36. The third-order valence-electron chi connectivity index (χ3n) is 2.90. The number of rotatable bonds is 3. The van der Waals surface area contributed by atoms with Crippen molar-refractivity contribution >= 4 is 11.6 Å². The lowest BCUT2D eigenvalue weighted by Crippen LogP contribution is -2.03. The van der Waals surface area contributed by atoms with Crippen LogP contribution in [0.15, 0.2) is 12.1 Å². The topological polar surface area (TPSA) is 38.7 Å². The van der Waals surface area contributed by atoms with Gasteiger partial charge in [-0.2, -0.15) is 0 Å². The Labute approximate surface area is 113 Å². The number of fused-ring (bicyclic) bond motifs is 1. The molecule has 100 valence electrons. The van der Waals surface area contributed by atoms with Crippen molar-refractivity contribution in [3.63, 3.8) is 0 Å². The summed E-state index contributed by atoms with van der Waals surface area (Å²) in [6.45, 7) is 5.38. The van der Waals surface area contributed by atoms with Crippen LogP contribution in [0.3, 0.4) is 0 Å². The molecule has 1 N–H and O–H groups in total. The summed E-state index contributed by atoms with van der Waals surface area (Å²) in [5, 5.41) is 10.6. The first kappa shape index (κ1) is 13.5. The molecule has 0 saturated carbocycles. The van der Waals surface area contributed by atoms with E-state index in [0.29, 0.717) is 42.1 Å². The van der Waals surface area contributed by atoms with Crippen LogP contribution >= 0.6 is 11.6 Å². The molecule has 18 heavy (non-hydrogen) atoms. The molecule has 0 radical (unpaired) electrons. The van der Waals surface area contributed by atoms with Crippen molar-refractivity contribution in [2.45, 2.75) is 32.8 Å². The number of aliphatic hydroxyl groups is 1. The molecule has 1 aromatic rings. The van der Waals surface area contributed by atoms with Gasteiger partial charge in [0.15, 0.2) is 11.5 Å². The van der Waals surface area contributed by atoms with Crippen LogP contribution in [-0.2, 0) is 0 Å². The molecular formula is C14H19ClO3. The van der Waals surface area contributed by atoms with Crippen molar-refractivity contribution in [3.05, 3.63) is 22.7 Å². The van der Waals surface area contributed by atoms with E-state index in [1.807, 2.05) is 6.07 Å². The molecule has 1 unspecified atom stereocenters. The zero-order chi connectivity index (χ0) is 13.1. The molecule has 0 saturated heterocycles. The quantitative estimate of drug-likeness (QED) is 0.912. The van der Waals surface area contributed by atoms with Gasteiger partial charge in [-0.05, 0) is 30.0 Å². The van der Waals surface area contributed by atoms with Gasteiger partial charge in [0.05, 0.1) is 24.3 Å². The molecule has 0 bridgehead atoms. The van der Waals surface area contributed by atoms with E-state index in [1.165, 1.54) is 0 Å². The van der Waals surface area contributed by atoms with Gasteiger partial charge >= 0.3 is 0 Å². The molecule has 1 heterocycles. The third-order valence-corrected chi connectivity index (χ3v) is 3.18. The van der Waals surface area contributed by atoms with Gasteiger partial charge in [0, 0.05) is 6.42 Å². The highest BCUT2D eigenvalue weighted by atomic mass is 35.5. The predicted octanol–water partition coefficient (Wildman–Crippen LogP) is 3.58. The Morgan fingerprint density at radius 3 is 2.72 bits per heavy atom. The van der Waals surface area contributed by atoms with E-state index in [-0.39, 0.29) is 0 Å². The summed E-state index contributed by atoms with van der Waals surface area (Å²) in [6, 6.07) is 3.60. The van der Waals surface area contributed by atoms with Crippen LogP contribution in [0.4, 0.5) is 0 Å². The molecule has 0 aromatic heterocycles. The second-order valence-electron chi connectivity index (χ2n) is 5.03. The van der Waals surface area contributed by atoms with Crippen LogP contribution < -0.4 is 9.47 Å². The first-order chi connectivity index (χ1) is 8.58. The second-order valence-corrected chi connectivity index (χ2v) is 5.43. The van der Waals surface area contributed by atoms with E-state index in [2.05, 4.69) is 13.8 Å². The summed E-state index contributed by atoms with van der Waals surface area (Å²) >= 11 is 6.18. The zero-order valence-electron chi connectivity index (χ0n) is 10.8. The van der Waals surface area contributed by atoms with Crippen molar-refractivity contribution < 1.29 is 14.6 Å². The molecule has 0 amide bonds. The van der Waals surface area contributed by atoms with Crippen LogP contribution in [-0.4, -0.2) is 18.3 Å². The number of benzene rings is 1. The van der Waals surface area contributed by atoms with Crippen molar-refractivity contribution in [2.24, 2.45) is 5.92 Å². The molecule has 3 nitrogen and oxygen atoms in total. The van der Waals surface area contributed by atoms with Crippen molar-refractivity contribution in [1.82, 2.24) is 0 Å². The molecule has 1 atom stereocenters. The van der Waals surface area contributed by atoms with E-state index < -0.39 is 6.10 Å². The molecular weight excluding hydrogens is 252 g/mol. The van der Waals surface area contributed by atoms with E-state index in [0.717, 1.165) is 12.0 Å². The highest BCUT2D eigenvalue weighted by molar-refractivity contribution is 6.32. The minimum Gasteiger partial charge on any atom is -0.489 e. The molecule has 0 fully saturated rings. The Balaban J connectivity index is 2.28. The average Bonchev–Trinajstić information content (AvgIpc) is 2.53. The van der Waals surface area contributed by atoms with Crippen LogP contribution in [0.2, 0.25) is 5.02 Å². The van der Waals surface area contributed by atoms with Crippen molar-refractivity contribution in [1.29, 1.82) is 0 Å². The SMILES string of the molecule is CC(C)CC(O)c1cc(Cl)c2c(c1)OCCCO2. The van der Waals surface area contributed by atoms with Crippen molar-refractivity contribution in [2.75, 3.05) is 13.2 Å². The summed E-state index contributed by atoms with van der Waals surface area (Å²) in [5.41, 5.74) is 0.790. The number of hydrogen-bond donors (Lipinski definition) is 1. The van der Waals surface area contributed by atoms with Gasteiger partial charge in [-0.3, -0.25) is 0 Å². The monoisotopic (exact) mass is 270 g/mol. The van der Waals surface area contributed by atoms with Crippen molar-refractivity contribution in [3.8, 4) is 11.5 Å². The van der Waals surface area contributed by atoms with E-state index in [9.17, 15) is 5.11 Å². The predicted molar refractivity (Wildman–Crippen MR) is 71.5 cm³/mol. The number of hydrogen-bond acceptors (Lipinski definition) is 3. The smallest absolute Gasteiger partial charge is 0.179 e. The maximum Gasteiger partial charge on any atom is 0.179 e. The fraction of sp³-hybridized carbons (Fsp3) is 0.571. The van der Waals surface area contributed by atoms with Gasteiger partial charge in [-0.15, -0.1) is 0 Å². The van der Waals surface area contributed by atoms with Crippen LogP contribution in [0.1, 0.15) is 38.4 Å². The Bertz CT molecular complexity index is 418. The van der Waals surface area contributed by atoms with Gasteiger partial charge in [0.1, 0.15) is 0 Å². The van der Waals surface area contributed by atoms with E-state index in [1.54, 1.807) is 6.07 Å². The summed E-state index contributed by atoms with van der Waals surface area (Å²) in [4.78, 5) is 0. The average molecular weight is 271 g/mol. The Hall–Kier alpha value is -0.930. The summed E-state index contributed by atoms with van der Waals surface area (Å²) in [7, 11) is 0. The lowest BCUT2D eigenvalue weighted by Gasteiger charge is -2.16. The maximum absolute atomic E-state index is 10.1. The summed E-state index contributed by atoms with van der Waals surface area (Å²) < 4.78 is 11.2. The molecule has 2 rings (SSSR count). The molecule has 0 aliphatic carbocycles. The van der Waals surface area contributed by atoms with Crippen LogP contribution in [0, 0.1) is 5.92 Å². The zero-order valence-corrected chi connectivity index (χ0v) is 11.5. The lowest BCUT2D eigenvalue weighted by molar-refractivity contribution is 0.150. The van der Waals surface area contributed by atoms with Crippen LogP contribution in [0.25, 0.3) is 0 Å². The lowest BCUT2D eigenvalue weighted by atomic mass is 9.99. The number of ether oxygens (including phenoxy) is 2. The normalized spacial score (nSPS) is 16.5. The molecule has 0 spiro atoms. The maximum atomic E-state index is 10.1.